The Labute approximate surface area is 195 Å². The highest BCUT2D eigenvalue weighted by Crippen LogP contribution is 2.59. The van der Waals surface area contributed by atoms with Crippen LogP contribution in [-0.2, 0) is 14.6 Å². The first-order valence-corrected chi connectivity index (χ1v) is 13.2. The van der Waals surface area contributed by atoms with Crippen LogP contribution in [0.1, 0.15) is 62.5 Å². The highest BCUT2D eigenvalue weighted by atomic mass is 32.2. The fraction of sp³-hybridized carbons (Fsp3) is 0.500. The van der Waals surface area contributed by atoms with Gasteiger partial charge >= 0.3 is 0 Å². The second kappa shape index (κ2) is 7.76. The molecule has 2 aliphatic heterocycles. The Kier molecular flexibility index (Phi) is 5.23. The monoisotopic (exact) mass is 469 g/mol. The van der Waals surface area contributed by atoms with Crippen LogP contribution in [0.4, 0.5) is 0 Å². The minimum atomic E-state index is -3.94. The summed E-state index contributed by atoms with van der Waals surface area (Å²) in [4.78, 5) is 15.6. The number of fused-ring (bicyclic) bond motifs is 2. The van der Waals surface area contributed by atoms with Gasteiger partial charge < -0.3 is 14.4 Å². The highest BCUT2D eigenvalue weighted by molar-refractivity contribution is 7.92. The number of methoxy groups -OCH3 is 1. The quantitative estimate of drug-likeness (QED) is 0.659. The third-order valence-electron chi connectivity index (χ3n) is 7.86. The van der Waals surface area contributed by atoms with E-state index in [4.69, 9.17) is 9.47 Å². The Morgan fingerprint density at radius 1 is 1.12 bits per heavy atom. The van der Waals surface area contributed by atoms with Crippen molar-refractivity contribution in [3.63, 3.8) is 0 Å². The van der Waals surface area contributed by atoms with E-state index in [0.717, 1.165) is 30.4 Å². The van der Waals surface area contributed by atoms with Gasteiger partial charge in [-0.1, -0.05) is 44.5 Å². The molecule has 0 aromatic heterocycles. The van der Waals surface area contributed by atoms with Gasteiger partial charge in [-0.3, -0.25) is 4.79 Å². The number of carbonyl (C=O) groups is 1. The number of nitrogens with zero attached hydrogens (tertiary/aromatic N) is 1. The molecule has 2 heterocycles. The zero-order chi connectivity index (χ0) is 23.5. The standard InChI is InChI=1S/C26H31NO5S/c1-16(2)17-11-13-18(14-12-17)33(29,30)24-22-19-8-7-10-21(31-4)23(19)32-26(27(3)25(24)28)15-6-5-9-20(22)26/h7-8,10-14,16,20,22,24H,5-6,9,15H2,1-4H3. The van der Waals surface area contributed by atoms with E-state index in [0.29, 0.717) is 23.8 Å². The molecule has 6 nitrogen and oxygen atoms in total. The van der Waals surface area contributed by atoms with Gasteiger partial charge in [-0.05, 0) is 42.5 Å². The highest BCUT2D eigenvalue weighted by Gasteiger charge is 2.65. The second-order valence-corrected chi connectivity index (χ2v) is 11.9. The summed E-state index contributed by atoms with van der Waals surface area (Å²) in [6, 6.07) is 12.6. The van der Waals surface area contributed by atoms with Crippen molar-refractivity contribution in [2.75, 3.05) is 14.2 Å². The summed E-state index contributed by atoms with van der Waals surface area (Å²) in [5.74, 6) is 0.464. The van der Waals surface area contributed by atoms with Crippen molar-refractivity contribution in [1.82, 2.24) is 4.90 Å². The second-order valence-electron chi connectivity index (χ2n) is 9.79. The summed E-state index contributed by atoms with van der Waals surface area (Å²) >= 11 is 0. The third-order valence-corrected chi connectivity index (χ3v) is 9.95. The lowest BCUT2D eigenvalue weighted by Gasteiger charge is -2.59. The van der Waals surface area contributed by atoms with E-state index in [9.17, 15) is 13.2 Å². The van der Waals surface area contributed by atoms with Crippen molar-refractivity contribution in [2.45, 2.75) is 67.2 Å². The summed E-state index contributed by atoms with van der Waals surface area (Å²) in [6.07, 6.45) is 3.42. The summed E-state index contributed by atoms with van der Waals surface area (Å²) in [5, 5.41) is -1.20. The maximum atomic E-state index is 14.0. The first-order chi connectivity index (χ1) is 15.7. The molecule has 1 saturated heterocycles. The van der Waals surface area contributed by atoms with Crippen LogP contribution in [-0.4, -0.2) is 44.4 Å². The predicted molar refractivity (Wildman–Crippen MR) is 125 cm³/mol. The number of rotatable bonds is 4. The van der Waals surface area contributed by atoms with E-state index in [-0.39, 0.29) is 16.7 Å². The molecule has 4 atom stereocenters. The summed E-state index contributed by atoms with van der Waals surface area (Å²) < 4.78 is 40.3. The van der Waals surface area contributed by atoms with Crippen LogP contribution in [0.25, 0.3) is 0 Å². The van der Waals surface area contributed by atoms with Crippen molar-refractivity contribution >= 4 is 15.7 Å². The van der Waals surface area contributed by atoms with Crippen LogP contribution in [0.3, 0.4) is 0 Å². The maximum absolute atomic E-state index is 14.0. The Morgan fingerprint density at radius 2 is 1.85 bits per heavy atom. The van der Waals surface area contributed by atoms with E-state index >= 15 is 0 Å². The summed E-state index contributed by atoms with van der Waals surface area (Å²) in [5.41, 5.74) is 0.981. The zero-order valence-corrected chi connectivity index (χ0v) is 20.4. The molecule has 0 radical (unpaired) electrons. The van der Waals surface area contributed by atoms with E-state index in [1.807, 2.05) is 30.3 Å². The van der Waals surface area contributed by atoms with Crippen molar-refractivity contribution in [3.8, 4) is 11.5 Å². The number of ether oxygens (including phenoxy) is 2. The molecule has 5 rings (SSSR count). The SMILES string of the molecule is COc1cccc2c1OC13CCCCC1C2C(S(=O)(=O)c1ccc(C(C)C)cc1)C(=O)N3C. The molecule has 4 unspecified atom stereocenters. The number of benzene rings is 2. The molecule has 1 saturated carbocycles. The minimum Gasteiger partial charge on any atom is -0.493 e. The number of amides is 1. The number of likely N-dealkylation sites (tertiary alicyclic amines) is 1. The zero-order valence-electron chi connectivity index (χ0n) is 19.6. The number of para-hydroxylation sites is 1. The van der Waals surface area contributed by atoms with Gasteiger partial charge in [-0.15, -0.1) is 0 Å². The molecule has 2 aromatic carbocycles. The smallest absolute Gasteiger partial charge is 0.244 e. The van der Waals surface area contributed by atoms with E-state index in [2.05, 4.69) is 13.8 Å². The van der Waals surface area contributed by atoms with Crippen molar-refractivity contribution < 1.29 is 22.7 Å². The molecule has 1 amide bonds. The molecule has 0 N–H and O–H groups in total. The average molecular weight is 470 g/mol. The topological polar surface area (TPSA) is 72.9 Å². The van der Waals surface area contributed by atoms with Crippen LogP contribution in [0.15, 0.2) is 47.4 Å². The van der Waals surface area contributed by atoms with Crippen LogP contribution in [0.2, 0.25) is 0 Å². The fourth-order valence-electron chi connectivity index (χ4n) is 6.10. The largest absolute Gasteiger partial charge is 0.493 e. The van der Waals surface area contributed by atoms with Gasteiger partial charge in [0.05, 0.1) is 12.0 Å². The van der Waals surface area contributed by atoms with Gasteiger partial charge in [0.15, 0.2) is 32.3 Å². The van der Waals surface area contributed by atoms with Crippen LogP contribution in [0, 0.1) is 5.92 Å². The van der Waals surface area contributed by atoms with Gasteiger partial charge in [-0.25, -0.2) is 8.42 Å². The van der Waals surface area contributed by atoms with Gasteiger partial charge in [-0.2, -0.15) is 0 Å². The number of piperidine rings is 1. The van der Waals surface area contributed by atoms with E-state index < -0.39 is 26.7 Å². The number of hydrogen-bond acceptors (Lipinski definition) is 5. The molecule has 33 heavy (non-hydrogen) atoms. The molecule has 176 valence electrons. The Bertz CT molecular complexity index is 1190. The molecular weight excluding hydrogens is 438 g/mol. The fourth-order valence-corrected chi connectivity index (χ4v) is 8.06. The molecule has 2 aromatic rings. The minimum absolute atomic E-state index is 0.0942. The van der Waals surface area contributed by atoms with Crippen LogP contribution in [0.5, 0.6) is 11.5 Å². The maximum Gasteiger partial charge on any atom is 0.244 e. The number of carbonyl (C=O) groups excluding carboxylic acids is 1. The third kappa shape index (κ3) is 3.11. The predicted octanol–water partition coefficient (Wildman–Crippen LogP) is 4.50. The summed E-state index contributed by atoms with van der Waals surface area (Å²) in [7, 11) is -0.663. The molecule has 2 fully saturated rings. The van der Waals surface area contributed by atoms with Gasteiger partial charge in [0.1, 0.15) is 0 Å². The summed E-state index contributed by atoms with van der Waals surface area (Å²) in [6.45, 7) is 4.14. The van der Waals surface area contributed by atoms with E-state index in [1.54, 1.807) is 31.2 Å². The van der Waals surface area contributed by atoms with Crippen molar-refractivity contribution in [2.24, 2.45) is 5.92 Å². The van der Waals surface area contributed by atoms with Crippen molar-refractivity contribution in [3.05, 3.63) is 53.6 Å². The van der Waals surface area contributed by atoms with E-state index in [1.165, 1.54) is 0 Å². The first-order valence-electron chi connectivity index (χ1n) is 11.7. The molecule has 7 heteroatoms. The van der Waals surface area contributed by atoms with Crippen molar-refractivity contribution in [1.29, 1.82) is 0 Å². The lowest BCUT2D eigenvalue weighted by Crippen LogP contribution is -2.71. The lowest BCUT2D eigenvalue weighted by atomic mass is 9.65. The van der Waals surface area contributed by atoms with Gasteiger partial charge in [0.25, 0.3) is 0 Å². The lowest BCUT2D eigenvalue weighted by molar-refractivity contribution is -0.191. The Balaban J connectivity index is 1.70. The van der Waals surface area contributed by atoms with Crippen LogP contribution >= 0.6 is 0 Å². The normalized spacial score (nSPS) is 28.7. The Hall–Kier alpha value is -2.54. The average Bonchev–Trinajstić information content (AvgIpc) is 2.82. The molecule has 3 aliphatic rings. The molecule has 2 bridgehead atoms. The molecular formula is C26H31NO5S. The number of hydrogen-bond donors (Lipinski definition) is 0. The number of sulfone groups is 1. The molecule has 0 spiro atoms. The molecule has 1 aliphatic carbocycles. The van der Waals surface area contributed by atoms with Gasteiger partial charge in [0.2, 0.25) is 5.91 Å². The van der Waals surface area contributed by atoms with Crippen LogP contribution < -0.4 is 9.47 Å². The first kappa shape index (κ1) is 22.3. The Morgan fingerprint density at radius 3 is 2.52 bits per heavy atom. The van der Waals surface area contributed by atoms with Gasteiger partial charge in [0, 0.05) is 30.9 Å².